The van der Waals surface area contributed by atoms with E-state index in [1.54, 1.807) is 0 Å². The van der Waals surface area contributed by atoms with Crippen LogP contribution in [-0.4, -0.2) is 32.8 Å². The zero-order valence-electron chi connectivity index (χ0n) is 13.4. The van der Waals surface area contributed by atoms with Gasteiger partial charge in [0.05, 0.1) is 0 Å². The number of ether oxygens (including phenoxy) is 1. The molecule has 0 aromatic heterocycles. The topological polar surface area (TPSA) is 24.5 Å². The molecule has 2 rings (SSSR count). The number of nitrogens with zero attached hydrogens (tertiary/aromatic N) is 1. The van der Waals surface area contributed by atoms with E-state index in [0.29, 0.717) is 12.1 Å². The molecule has 1 aliphatic heterocycles. The summed E-state index contributed by atoms with van der Waals surface area (Å²) in [4.78, 5) is 2.44. The lowest BCUT2D eigenvalue weighted by atomic mass is 10.0. The lowest BCUT2D eigenvalue weighted by Gasteiger charge is -2.35. The molecule has 0 saturated carbocycles. The highest BCUT2D eigenvalue weighted by Crippen LogP contribution is 2.32. The third kappa shape index (κ3) is 4.44. The lowest BCUT2D eigenvalue weighted by Crippen LogP contribution is -2.37. The number of hydrogen-bond acceptors (Lipinski definition) is 3. The van der Waals surface area contributed by atoms with Crippen LogP contribution < -0.4 is 10.2 Å². The Morgan fingerprint density at radius 2 is 2.10 bits per heavy atom. The summed E-state index contributed by atoms with van der Waals surface area (Å²) in [6.45, 7) is 7.26. The fraction of sp³-hybridized carbons (Fsp3) is 0.647. The van der Waals surface area contributed by atoms with Gasteiger partial charge in [0, 0.05) is 42.5 Å². The van der Waals surface area contributed by atoms with E-state index in [4.69, 9.17) is 4.74 Å². The third-order valence-electron chi connectivity index (χ3n) is 4.28. The van der Waals surface area contributed by atoms with Crippen molar-refractivity contribution in [3.8, 4) is 0 Å². The van der Waals surface area contributed by atoms with Gasteiger partial charge in [-0.2, -0.15) is 0 Å². The Kier molecular flexibility index (Phi) is 6.52. The van der Waals surface area contributed by atoms with Crippen LogP contribution in [0.25, 0.3) is 0 Å². The van der Waals surface area contributed by atoms with E-state index in [0.717, 1.165) is 43.5 Å². The largest absolute Gasteiger partial charge is 0.381 e. The summed E-state index contributed by atoms with van der Waals surface area (Å²) in [6.07, 6.45) is 3.38. The molecular weight excluding hydrogens is 328 g/mol. The molecule has 1 atom stereocenters. The van der Waals surface area contributed by atoms with Gasteiger partial charge in [0.2, 0.25) is 0 Å². The highest BCUT2D eigenvalue weighted by Gasteiger charge is 2.22. The molecular formula is C17H27BrN2O. The van der Waals surface area contributed by atoms with Crippen LogP contribution in [0.4, 0.5) is 5.69 Å². The van der Waals surface area contributed by atoms with Crippen LogP contribution >= 0.6 is 15.9 Å². The lowest BCUT2D eigenvalue weighted by molar-refractivity contribution is 0.0854. The maximum absolute atomic E-state index is 5.49. The summed E-state index contributed by atoms with van der Waals surface area (Å²) >= 11 is 3.62. The molecule has 1 aliphatic rings. The average molecular weight is 355 g/mol. The van der Waals surface area contributed by atoms with Crippen LogP contribution in [0.3, 0.4) is 0 Å². The molecule has 21 heavy (non-hydrogen) atoms. The Morgan fingerprint density at radius 1 is 1.38 bits per heavy atom. The Labute approximate surface area is 137 Å². The van der Waals surface area contributed by atoms with Crippen molar-refractivity contribution in [2.24, 2.45) is 0 Å². The molecule has 3 nitrogen and oxygen atoms in total. The van der Waals surface area contributed by atoms with Crippen molar-refractivity contribution in [2.75, 3.05) is 31.7 Å². The molecule has 0 amide bonds. The van der Waals surface area contributed by atoms with Crippen LogP contribution in [0.1, 0.15) is 44.7 Å². The van der Waals surface area contributed by atoms with E-state index >= 15 is 0 Å². The number of halogens is 1. The van der Waals surface area contributed by atoms with Crippen molar-refractivity contribution in [3.05, 3.63) is 28.2 Å². The van der Waals surface area contributed by atoms with E-state index < -0.39 is 0 Å². The maximum atomic E-state index is 5.49. The van der Waals surface area contributed by atoms with Crippen LogP contribution in [0.15, 0.2) is 22.7 Å². The first-order valence-electron chi connectivity index (χ1n) is 7.97. The maximum Gasteiger partial charge on any atom is 0.0485 e. The van der Waals surface area contributed by atoms with Gasteiger partial charge in [0.15, 0.2) is 0 Å². The third-order valence-corrected chi connectivity index (χ3v) is 4.77. The second-order valence-electron chi connectivity index (χ2n) is 5.83. The monoisotopic (exact) mass is 354 g/mol. The highest BCUT2D eigenvalue weighted by atomic mass is 79.9. The molecule has 1 heterocycles. The van der Waals surface area contributed by atoms with Crippen molar-refractivity contribution in [1.29, 1.82) is 0 Å². The first-order chi connectivity index (χ1) is 10.1. The van der Waals surface area contributed by atoms with Gasteiger partial charge < -0.3 is 15.0 Å². The summed E-state index contributed by atoms with van der Waals surface area (Å²) < 4.78 is 6.63. The van der Waals surface area contributed by atoms with Crippen LogP contribution in [0.5, 0.6) is 0 Å². The molecule has 1 unspecified atom stereocenters. The van der Waals surface area contributed by atoms with E-state index in [2.05, 4.69) is 65.2 Å². The molecule has 118 valence electrons. The minimum Gasteiger partial charge on any atom is -0.381 e. The summed E-state index contributed by atoms with van der Waals surface area (Å²) in [5.74, 6) is 0. The smallest absolute Gasteiger partial charge is 0.0485 e. The standard InChI is InChI=1S/C17H27BrN2O/c1-4-9-19-13(2)16-6-5-14(18)12-17(16)20(3)15-7-10-21-11-8-15/h5-6,12-13,15,19H,4,7-11H2,1-3H3. The zero-order chi connectivity index (χ0) is 15.2. The van der Waals surface area contributed by atoms with Crippen molar-refractivity contribution >= 4 is 21.6 Å². The van der Waals surface area contributed by atoms with E-state index in [1.165, 1.54) is 11.3 Å². The quantitative estimate of drug-likeness (QED) is 0.831. The van der Waals surface area contributed by atoms with Gasteiger partial charge in [0.1, 0.15) is 0 Å². The normalized spacial score (nSPS) is 17.7. The summed E-state index contributed by atoms with van der Waals surface area (Å²) in [5, 5.41) is 3.60. The molecule has 4 heteroatoms. The number of nitrogens with one attached hydrogen (secondary N) is 1. The van der Waals surface area contributed by atoms with Gasteiger partial charge in [-0.3, -0.25) is 0 Å². The fourth-order valence-electron chi connectivity index (χ4n) is 2.93. The minimum atomic E-state index is 0.371. The average Bonchev–Trinajstić information content (AvgIpc) is 2.52. The van der Waals surface area contributed by atoms with E-state index in [1.807, 2.05) is 0 Å². The molecule has 1 fully saturated rings. The summed E-state index contributed by atoms with van der Waals surface area (Å²) in [7, 11) is 2.22. The van der Waals surface area contributed by atoms with Crippen LogP contribution in [-0.2, 0) is 4.74 Å². The molecule has 1 aromatic rings. The van der Waals surface area contributed by atoms with E-state index in [9.17, 15) is 0 Å². The van der Waals surface area contributed by atoms with Gasteiger partial charge >= 0.3 is 0 Å². The first-order valence-corrected chi connectivity index (χ1v) is 8.76. The SMILES string of the molecule is CCCNC(C)c1ccc(Br)cc1N(C)C1CCOCC1. The highest BCUT2D eigenvalue weighted by molar-refractivity contribution is 9.10. The van der Waals surface area contributed by atoms with Gasteiger partial charge in [-0.15, -0.1) is 0 Å². The molecule has 1 saturated heterocycles. The number of hydrogen-bond donors (Lipinski definition) is 1. The van der Waals surface area contributed by atoms with Crippen molar-refractivity contribution in [2.45, 2.75) is 45.2 Å². The van der Waals surface area contributed by atoms with E-state index in [-0.39, 0.29) is 0 Å². The van der Waals surface area contributed by atoms with Crippen molar-refractivity contribution < 1.29 is 4.74 Å². The van der Waals surface area contributed by atoms with Gasteiger partial charge in [-0.25, -0.2) is 0 Å². The summed E-state index contributed by atoms with van der Waals surface area (Å²) in [5.41, 5.74) is 2.70. The fourth-order valence-corrected chi connectivity index (χ4v) is 3.28. The molecule has 0 aliphatic carbocycles. The number of benzene rings is 1. The zero-order valence-corrected chi connectivity index (χ0v) is 14.9. The minimum absolute atomic E-state index is 0.371. The molecule has 1 N–H and O–H groups in total. The number of anilines is 1. The first kappa shape index (κ1) is 16.8. The van der Waals surface area contributed by atoms with Crippen LogP contribution in [0.2, 0.25) is 0 Å². The van der Waals surface area contributed by atoms with Gasteiger partial charge in [-0.05, 0) is 50.4 Å². The van der Waals surface area contributed by atoms with Crippen molar-refractivity contribution in [1.82, 2.24) is 5.32 Å². The molecule has 0 radical (unpaired) electrons. The molecule has 0 bridgehead atoms. The molecule has 1 aromatic carbocycles. The van der Waals surface area contributed by atoms with Gasteiger partial charge in [0.25, 0.3) is 0 Å². The second kappa shape index (κ2) is 8.16. The number of rotatable bonds is 6. The Bertz CT molecular complexity index is 446. The second-order valence-corrected chi connectivity index (χ2v) is 6.75. The Morgan fingerprint density at radius 3 is 2.76 bits per heavy atom. The predicted octanol–water partition coefficient (Wildman–Crippen LogP) is 4.12. The van der Waals surface area contributed by atoms with Crippen LogP contribution in [0, 0.1) is 0 Å². The predicted molar refractivity (Wildman–Crippen MR) is 93.1 cm³/mol. The Hall–Kier alpha value is -0.580. The van der Waals surface area contributed by atoms with Crippen molar-refractivity contribution in [3.63, 3.8) is 0 Å². The Balaban J connectivity index is 2.21. The molecule has 0 spiro atoms. The van der Waals surface area contributed by atoms with Gasteiger partial charge in [-0.1, -0.05) is 28.9 Å². The summed E-state index contributed by atoms with van der Waals surface area (Å²) in [6, 6.07) is 7.57.